The summed E-state index contributed by atoms with van der Waals surface area (Å²) < 4.78 is 5.88. The third kappa shape index (κ3) is 3.77. The van der Waals surface area contributed by atoms with Gasteiger partial charge in [0.1, 0.15) is 5.52 Å². The third-order valence-corrected chi connectivity index (χ3v) is 4.49. The summed E-state index contributed by atoms with van der Waals surface area (Å²) >= 11 is 5.25. The van der Waals surface area contributed by atoms with E-state index in [4.69, 9.17) is 16.6 Å². The Kier molecular flexibility index (Phi) is 4.87. The predicted octanol–water partition coefficient (Wildman–Crippen LogP) is 4.93. The lowest BCUT2D eigenvalue weighted by Gasteiger charge is -2.09. The topological polar surface area (TPSA) is 67.2 Å². The van der Waals surface area contributed by atoms with Crippen molar-refractivity contribution in [3.8, 4) is 11.5 Å². The maximum absolute atomic E-state index is 12.2. The number of carbonyl (C=O) groups is 1. The summed E-state index contributed by atoms with van der Waals surface area (Å²) in [4.78, 5) is 16.8. The van der Waals surface area contributed by atoms with Crippen LogP contribution < -0.4 is 10.6 Å². The molecule has 0 aliphatic carbocycles. The Morgan fingerprint density at radius 3 is 2.54 bits per heavy atom. The Balaban J connectivity index is 1.51. The Morgan fingerprint density at radius 2 is 1.75 bits per heavy atom. The highest BCUT2D eigenvalue weighted by Crippen LogP contribution is 2.28. The van der Waals surface area contributed by atoms with Gasteiger partial charge in [0.2, 0.25) is 5.89 Å². The smallest absolute Gasteiger partial charge is 0.257 e. The van der Waals surface area contributed by atoms with Gasteiger partial charge in [-0.25, -0.2) is 4.98 Å². The fraction of sp³-hybridized carbons (Fsp3) is 0.0455. The van der Waals surface area contributed by atoms with E-state index >= 15 is 0 Å². The second kappa shape index (κ2) is 7.62. The molecule has 0 spiro atoms. The molecule has 1 aromatic heterocycles. The Bertz CT molecular complexity index is 1170. The fourth-order valence-corrected chi connectivity index (χ4v) is 3.07. The lowest BCUT2D eigenvalue weighted by atomic mass is 10.1. The predicted molar refractivity (Wildman–Crippen MR) is 114 cm³/mol. The highest BCUT2D eigenvalue weighted by atomic mass is 32.1. The molecule has 0 unspecified atom stereocenters. The number of nitrogens with one attached hydrogen (secondary N) is 2. The molecule has 1 heterocycles. The van der Waals surface area contributed by atoms with Crippen molar-refractivity contribution in [1.82, 2.24) is 10.3 Å². The van der Waals surface area contributed by atoms with Gasteiger partial charge in [0.15, 0.2) is 10.7 Å². The second-order valence-electron chi connectivity index (χ2n) is 6.29. The highest BCUT2D eigenvalue weighted by molar-refractivity contribution is 7.80. The average Bonchev–Trinajstić information content (AvgIpc) is 3.12. The zero-order valence-electron chi connectivity index (χ0n) is 15.1. The lowest BCUT2D eigenvalue weighted by molar-refractivity contribution is 0.0977. The molecule has 0 aliphatic heterocycles. The zero-order valence-corrected chi connectivity index (χ0v) is 15.9. The molecule has 0 fully saturated rings. The molecule has 0 saturated heterocycles. The minimum Gasteiger partial charge on any atom is -0.436 e. The van der Waals surface area contributed by atoms with Gasteiger partial charge in [-0.05, 0) is 61.1 Å². The molecule has 4 rings (SSSR count). The first-order valence-electron chi connectivity index (χ1n) is 8.74. The summed E-state index contributed by atoms with van der Waals surface area (Å²) in [5, 5.41) is 5.90. The minimum atomic E-state index is -0.262. The standard InChI is InChI=1S/C22H17N3O2S/c1-14-7-5-6-10-17(14)21-24-18-13-16(11-12-19(18)27-21)23-22(28)25-20(26)15-8-3-2-4-9-15/h2-13H,1H3,(H2,23,25,26,28). The van der Waals surface area contributed by atoms with Crippen molar-refractivity contribution in [3.63, 3.8) is 0 Å². The van der Waals surface area contributed by atoms with Gasteiger partial charge in [-0.15, -0.1) is 0 Å². The van der Waals surface area contributed by atoms with Crippen LogP contribution in [-0.4, -0.2) is 16.0 Å². The Morgan fingerprint density at radius 1 is 1.00 bits per heavy atom. The molecule has 0 radical (unpaired) electrons. The third-order valence-electron chi connectivity index (χ3n) is 4.28. The SMILES string of the molecule is Cc1ccccc1-c1nc2cc(NC(=S)NC(=O)c3ccccc3)ccc2o1. The molecule has 1 amide bonds. The van der Waals surface area contributed by atoms with Crippen molar-refractivity contribution in [1.29, 1.82) is 0 Å². The van der Waals surface area contributed by atoms with Crippen molar-refractivity contribution >= 4 is 40.0 Å². The number of carbonyl (C=O) groups excluding carboxylic acids is 1. The van der Waals surface area contributed by atoms with Crippen molar-refractivity contribution in [2.24, 2.45) is 0 Å². The van der Waals surface area contributed by atoms with Crippen LogP contribution in [0.5, 0.6) is 0 Å². The van der Waals surface area contributed by atoms with Gasteiger partial charge in [-0.1, -0.05) is 36.4 Å². The number of nitrogens with zero attached hydrogens (tertiary/aromatic N) is 1. The van der Waals surface area contributed by atoms with Crippen LogP contribution in [0.2, 0.25) is 0 Å². The first-order valence-corrected chi connectivity index (χ1v) is 9.15. The van der Waals surface area contributed by atoms with Crippen LogP contribution >= 0.6 is 12.2 Å². The largest absolute Gasteiger partial charge is 0.436 e. The van der Waals surface area contributed by atoms with Gasteiger partial charge in [0, 0.05) is 16.8 Å². The molecule has 138 valence electrons. The van der Waals surface area contributed by atoms with Crippen LogP contribution in [0.4, 0.5) is 5.69 Å². The van der Waals surface area contributed by atoms with E-state index in [2.05, 4.69) is 15.6 Å². The van der Waals surface area contributed by atoms with Crippen LogP contribution in [-0.2, 0) is 0 Å². The molecule has 0 bridgehead atoms. The molecule has 3 aromatic carbocycles. The minimum absolute atomic E-state index is 0.218. The van der Waals surface area contributed by atoms with Crippen molar-refractivity contribution in [2.45, 2.75) is 6.92 Å². The maximum Gasteiger partial charge on any atom is 0.257 e. The van der Waals surface area contributed by atoms with Crippen LogP contribution in [0.3, 0.4) is 0 Å². The number of thiocarbonyl (C=S) groups is 1. The van der Waals surface area contributed by atoms with Gasteiger partial charge >= 0.3 is 0 Å². The van der Waals surface area contributed by atoms with Gasteiger partial charge in [-0.2, -0.15) is 0 Å². The maximum atomic E-state index is 12.2. The lowest BCUT2D eigenvalue weighted by Crippen LogP contribution is -2.34. The van der Waals surface area contributed by atoms with E-state index in [1.807, 2.05) is 55.5 Å². The fourth-order valence-electron chi connectivity index (χ4n) is 2.86. The molecule has 4 aromatic rings. The van der Waals surface area contributed by atoms with E-state index in [1.165, 1.54) is 0 Å². The van der Waals surface area contributed by atoms with Gasteiger partial charge in [-0.3, -0.25) is 10.1 Å². The zero-order chi connectivity index (χ0) is 19.5. The number of oxazole rings is 1. The number of hydrogen-bond donors (Lipinski definition) is 2. The van der Waals surface area contributed by atoms with Gasteiger partial charge in [0.25, 0.3) is 5.91 Å². The summed E-state index contributed by atoms with van der Waals surface area (Å²) in [5.74, 6) is 0.313. The number of aromatic nitrogens is 1. The highest BCUT2D eigenvalue weighted by Gasteiger charge is 2.12. The van der Waals surface area contributed by atoms with Crippen LogP contribution in [0, 0.1) is 6.92 Å². The normalized spacial score (nSPS) is 10.6. The van der Waals surface area contributed by atoms with Crippen LogP contribution in [0.15, 0.2) is 77.2 Å². The quantitative estimate of drug-likeness (QED) is 0.488. The van der Waals surface area contributed by atoms with Gasteiger partial charge in [0.05, 0.1) is 0 Å². The number of benzene rings is 3. The summed E-state index contributed by atoms with van der Waals surface area (Å²) in [6.45, 7) is 2.02. The molecule has 5 nitrogen and oxygen atoms in total. The summed E-state index contributed by atoms with van der Waals surface area (Å²) in [6.07, 6.45) is 0. The number of hydrogen-bond acceptors (Lipinski definition) is 4. The summed E-state index contributed by atoms with van der Waals surface area (Å²) in [5.41, 5.74) is 4.71. The molecule has 0 saturated carbocycles. The number of fused-ring (bicyclic) bond motifs is 1. The van der Waals surface area contributed by atoms with Crippen LogP contribution in [0.25, 0.3) is 22.6 Å². The van der Waals surface area contributed by atoms with E-state index in [1.54, 1.807) is 24.3 Å². The second-order valence-corrected chi connectivity index (χ2v) is 6.70. The van der Waals surface area contributed by atoms with Crippen molar-refractivity contribution in [2.75, 3.05) is 5.32 Å². The molecule has 6 heteroatoms. The van der Waals surface area contributed by atoms with E-state index in [-0.39, 0.29) is 11.0 Å². The number of amides is 1. The molecule has 0 atom stereocenters. The summed E-state index contributed by atoms with van der Waals surface area (Å²) in [6, 6.07) is 22.3. The molecular weight excluding hydrogens is 370 g/mol. The summed E-state index contributed by atoms with van der Waals surface area (Å²) in [7, 11) is 0. The van der Waals surface area contributed by atoms with E-state index in [0.29, 0.717) is 22.6 Å². The Labute approximate surface area is 167 Å². The first kappa shape index (κ1) is 17.9. The van der Waals surface area contributed by atoms with E-state index < -0.39 is 0 Å². The van der Waals surface area contributed by atoms with E-state index in [0.717, 1.165) is 16.8 Å². The monoisotopic (exact) mass is 387 g/mol. The van der Waals surface area contributed by atoms with Crippen LogP contribution in [0.1, 0.15) is 15.9 Å². The van der Waals surface area contributed by atoms with Gasteiger partial charge < -0.3 is 9.73 Å². The number of aryl methyl sites for hydroxylation is 1. The van der Waals surface area contributed by atoms with Crippen molar-refractivity contribution < 1.29 is 9.21 Å². The molecule has 0 aliphatic rings. The molecule has 2 N–H and O–H groups in total. The van der Waals surface area contributed by atoms with E-state index in [9.17, 15) is 4.79 Å². The molecular formula is C22H17N3O2S. The number of rotatable bonds is 3. The molecule has 28 heavy (non-hydrogen) atoms. The number of anilines is 1. The van der Waals surface area contributed by atoms with Crippen molar-refractivity contribution in [3.05, 3.63) is 83.9 Å². The average molecular weight is 387 g/mol. The first-order chi connectivity index (χ1) is 13.6. The Hall–Kier alpha value is -3.51.